The molecule has 0 spiro atoms. The summed E-state index contributed by atoms with van der Waals surface area (Å²) in [7, 11) is 0. The van der Waals surface area contributed by atoms with Gasteiger partial charge in [0.1, 0.15) is 11.6 Å². The fourth-order valence-electron chi connectivity index (χ4n) is 2.28. The van der Waals surface area contributed by atoms with E-state index in [1.54, 1.807) is 6.07 Å². The first-order chi connectivity index (χ1) is 10.1. The molecule has 0 radical (unpaired) electrons. The van der Waals surface area contributed by atoms with E-state index in [1.807, 2.05) is 28.8 Å². The Morgan fingerprint density at radius 3 is 2.71 bits per heavy atom. The van der Waals surface area contributed by atoms with Crippen molar-refractivity contribution in [2.75, 3.05) is 5.88 Å². The van der Waals surface area contributed by atoms with Crippen molar-refractivity contribution in [1.29, 1.82) is 0 Å². The number of fused-ring (bicyclic) bond motifs is 1. The Bertz CT molecular complexity index is 817. The highest BCUT2D eigenvalue weighted by Crippen LogP contribution is 2.28. The maximum Gasteiger partial charge on any atom is 0.139 e. The van der Waals surface area contributed by atoms with Crippen LogP contribution in [-0.4, -0.2) is 15.4 Å². The van der Waals surface area contributed by atoms with Crippen LogP contribution >= 0.6 is 43.5 Å². The Kier molecular flexibility index (Phi) is 4.33. The number of aryl methyl sites for hydroxylation is 1. The van der Waals surface area contributed by atoms with E-state index in [0.717, 1.165) is 27.0 Å². The molecular formula is C15H10Br2ClFN2. The van der Waals surface area contributed by atoms with Crippen LogP contribution in [0.15, 0.2) is 45.3 Å². The fourth-order valence-corrected chi connectivity index (χ4v) is 3.17. The van der Waals surface area contributed by atoms with Crippen molar-refractivity contribution in [1.82, 2.24) is 9.55 Å². The second kappa shape index (κ2) is 6.07. The molecule has 0 atom stereocenters. The van der Waals surface area contributed by atoms with E-state index in [2.05, 4.69) is 36.8 Å². The molecule has 0 aliphatic heterocycles. The molecule has 108 valence electrons. The molecule has 0 aliphatic carbocycles. The predicted octanol–water partition coefficient (Wildman–Crippen LogP) is 5.47. The minimum Gasteiger partial charge on any atom is -0.296 e. The zero-order valence-corrected chi connectivity index (χ0v) is 14.7. The summed E-state index contributed by atoms with van der Waals surface area (Å²) in [6.45, 7) is 0. The standard InChI is InChI=1S/C15H10Br2ClFN2/c16-9-2-1-3-10(6-9)21-14-8-12(19)11(17)7-13(14)20-15(21)4-5-18/h1-3,6-8H,4-5H2. The molecule has 3 rings (SSSR count). The van der Waals surface area contributed by atoms with Crippen LogP contribution in [0.2, 0.25) is 0 Å². The van der Waals surface area contributed by atoms with Crippen molar-refractivity contribution >= 4 is 54.5 Å². The van der Waals surface area contributed by atoms with Crippen molar-refractivity contribution in [2.45, 2.75) is 6.42 Å². The average molecular weight is 433 g/mol. The summed E-state index contributed by atoms with van der Waals surface area (Å²) >= 11 is 12.5. The quantitative estimate of drug-likeness (QED) is 0.502. The van der Waals surface area contributed by atoms with E-state index in [4.69, 9.17) is 11.6 Å². The molecule has 21 heavy (non-hydrogen) atoms. The van der Waals surface area contributed by atoms with Crippen LogP contribution in [0.3, 0.4) is 0 Å². The number of rotatable bonds is 3. The van der Waals surface area contributed by atoms with Gasteiger partial charge in [-0.1, -0.05) is 22.0 Å². The third-order valence-electron chi connectivity index (χ3n) is 3.15. The molecule has 2 aromatic carbocycles. The van der Waals surface area contributed by atoms with E-state index >= 15 is 0 Å². The van der Waals surface area contributed by atoms with Gasteiger partial charge in [0.15, 0.2) is 0 Å². The highest BCUT2D eigenvalue weighted by molar-refractivity contribution is 9.10. The first-order valence-corrected chi connectivity index (χ1v) is 8.40. The van der Waals surface area contributed by atoms with Crippen molar-refractivity contribution in [3.05, 3.63) is 57.0 Å². The van der Waals surface area contributed by atoms with Crippen LogP contribution < -0.4 is 0 Å². The van der Waals surface area contributed by atoms with E-state index in [1.165, 1.54) is 6.07 Å². The largest absolute Gasteiger partial charge is 0.296 e. The van der Waals surface area contributed by atoms with Crippen LogP contribution in [0.1, 0.15) is 5.82 Å². The molecule has 0 N–H and O–H groups in total. The summed E-state index contributed by atoms with van der Waals surface area (Å²) in [6.07, 6.45) is 0.613. The van der Waals surface area contributed by atoms with Gasteiger partial charge in [-0.3, -0.25) is 4.57 Å². The maximum absolute atomic E-state index is 13.9. The van der Waals surface area contributed by atoms with Gasteiger partial charge in [0, 0.05) is 28.5 Å². The summed E-state index contributed by atoms with van der Waals surface area (Å²) in [5, 5.41) is 0. The normalized spacial score (nSPS) is 11.2. The van der Waals surface area contributed by atoms with Gasteiger partial charge in [-0.05, 0) is 40.2 Å². The number of hydrogen-bond donors (Lipinski definition) is 0. The first kappa shape index (κ1) is 15.0. The van der Waals surface area contributed by atoms with Crippen molar-refractivity contribution in [3.8, 4) is 5.69 Å². The number of alkyl halides is 1. The maximum atomic E-state index is 13.9. The van der Waals surface area contributed by atoms with Gasteiger partial charge in [-0.15, -0.1) is 11.6 Å². The van der Waals surface area contributed by atoms with E-state index in [9.17, 15) is 4.39 Å². The number of halogens is 4. The molecule has 2 nitrogen and oxygen atoms in total. The van der Waals surface area contributed by atoms with Crippen molar-refractivity contribution < 1.29 is 4.39 Å². The van der Waals surface area contributed by atoms with Gasteiger partial charge in [0.2, 0.25) is 0 Å². The van der Waals surface area contributed by atoms with Crippen LogP contribution in [0.4, 0.5) is 4.39 Å². The molecule has 0 fully saturated rings. The highest BCUT2D eigenvalue weighted by atomic mass is 79.9. The van der Waals surface area contributed by atoms with Crippen LogP contribution in [0, 0.1) is 5.82 Å². The second-order valence-electron chi connectivity index (χ2n) is 4.54. The third kappa shape index (κ3) is 2.87. The third-order valence-corrected chi connectivity index (χ3v) is 4.44. The van der Waals surface area contributed by atoms with E-state index in [0.29, 0.717) is 16.8 Å². The molecule has 0 bridgehead atoms. The fraction of sp³-hybridized carbons (Fsp3) is 0.133. The van der Waals surface area contributed by atoms with Gasteiger partial charge in [-0.2, -0.15) is 0 Å². The van der Waals surface area contributed by atoms with Gasteiger partial charge in [0.25, 0.3) is 0 Å². The number of nitrogens with zero attached hydrogens (tertiary/aromatic N) is 2. The molecule has 3 aromatic rings. The Balaban J connectivity index is 2.32. The lowest BCUT2D eigenvalue weighted by molar-refractivity contribution is 0.622. The van der Waals surface area contributed by atoms with Gasteiger partial charge in [0.05, 0.1) is 15.5 Å². The summed E-state index contributed by atoms with van der Waals surface area (Å²) in [4.78, 5) is 4.58. The predicted molar refractivity (Wildman–Crippen MR) is 90.9 cm³/mol. The molecule has 1 heterocycles. The lowest BCUT2D eigenvalue weighted by atomic mass is 10.2. The highest BCUT2D eigenvalue weighted by Gasteiger charge is 2.14. The van der Waals surface area contributed by atoms with Crippen LogP contribution in [-0.2, 0) is 6.42 Å². The zero-order valence-electron chi connectivity index (χ0n) is 10.8. The molecular weight excluding hydrogens is 422 g/mol. The molecule has 0 saturated heterocycles. The smallest absolute Gasteiger partial charge is 0.139 e. The Labute approximate surface area is 143 Å². The number of aromatic nitrogens is 2. The Morgan fingerprint density at radius 2 is 2.00 bits per heavy atom. The van der Waals surface area contributed by atoms with E-state index < -0.39 is 0 Å². The minimum absolute atomic E-state index is 0.309. The Hall–Kier alpha value is -0.910. The van der Waals surface area contributed by atoms with Crippen molar-refractivity contribution in [2.24, 2.45) is 0 Å². The average Bonchev–Trinajstić information content (AvgIpc) is 2.77. The number of hydrogen-bond acceptors (Lipinski definition) is 1. The van der Waals surface area contributed by atoms with Crippen LogP contribution in [0.5, 0.6) is 0 Å². The molecule has 6 heteroatoms. The van der Waals surface area contributed by atoms with E-state index in [-0.39, 0.29) is 5.82 Å². The SMILES string of the molecule is Fc1cc2c(cc1Br)nc(CCCl)n2-c1cccc(Br)c1. The van der Waals surface area contributed by atoms with Gasteiger partial charge >= 0.3 is 0 Å². The summed E-state index contributed by atoms with van der Waals surface area (Å²) < 4.78 is 17.2. The molecule has 0 unspecified atom stereocenters. The van der Waals surface area contributed by atoms with Gasteiger partial charge < -0.3 is 0 Å². The summed E-state index contributed by atoms with van der Waals surface area (Å²) in [5.41, 5.74) is 2.39. The zero-order chi connectivity index (χ0) is 15.0. The minimum atomic E-state index is -0.309. The van der Waals surface area contributed by atoms with Crippen LogP contribution in [0.25, 0.3) is 16.7 Å². The molecule has 0 amide bonds. The van der Waals surface area contributed by atoms with Gasteiger partial charge in [-0.25, -0.2) is 9.37 Å². The number of benzene rings is 2. The number of imidazole rings is 1. The molecule has 1 aromatic heterocycles. The lowest BCUT2D eigenvalue weighted by Gasteiger charge is -2.09. The van der Waals surface area contributed by atoms with Crippen molar-refractivity contribution in [3.63, 3.8) is 0 Å². The topological polar surface area (TPSA) is 17.8 Å². The Morgan fingerprint density at radius 1 is 1.19 bits per heavy atom. The summed E-state index contributed by atoms with van der Waals surface area (Å²) in [6, 6.07) is 11.0. The molecule has 0 saturated carbocycles. The molecule has 0 aliphatic rings. The lowest BCUT2D eigenvalue weighted by Crippen LogP contribution is -2.02. The second-order valence-corrected chi connectivity index (χ2v) is 6.69. The monoisotopic (exact) mass is 430 g/mol. The summed E-state index contributed by atoms with van der Waals surface area (Å²) in [5.74, 6) is 0.965. The first-order valence-electron chi connectivity index (χ1n) is 6.28.